The Balaban J connectivity index is 1.53. The Hall–Kier alpha value is -3.02. The summed E-state index contributed by atoms with van der Waals surface area (Å²) in [5.74, 6) is 1.06. The molecule has 0 heterocycles. The summed E-state index contributed by atoms with van der Waals surface area (Å²) in [4.78, 5) is 25.2. The fourth-order valence-electron chi connectivity index (χ4n) is 3.64. The first-order valence-electron chi connectivity index (χ1n) is 9.90. The van der Waals surface area contributed by atoms with Crippen molar-refractivity contribution in [2.45, 2.75) is 32.6 Å². The highest BCUT2D eigenvalue weighted by Crippen LogP contribution is 2.33. The average molecular weight is 396 g/mol. The molecule has 2 N–H and O–H groups in total. The summed E-state index contributed by atoms with van der Waals surface area (Å²) in [6.45, 7) is 2.01. The smallest absolute Gasteiger partial charge is 0.227 e. The van der Waals surface area contributed by atoms with Crippen LogP contribution in [0.3, 0.4) is 0 Å². The first-order valence-corrected chi connectivity index (χ1v) is 9.90. The van der Waals surface area contributed by atoms with Gasteiger partial charge in [0.25, 0.3) is 0 Å². The molecule has 2 amide bonds. The van der Waals surface area contributed by atoms with E-state index in [1.165, 1.54) is 0 Å². The van der Waals surface area contributed by atoms with E-state index in [2.05, 4.69) is 10.6 Å². The molecule has 0 saturated heterocycles. The second-order valence-electron chi connectivity index (χ2n) is 7.46. The maximum atomic E-state index is 12.7. The first-order chi connectivity index (χ1) is 14.0. The van der Waals surface area contributed by atoms with Crippen LogP contribution in [-0.4, -0.2) is 26.0 Å². The fourth-order valence-corrected chi connectivity index (χ4v) is 3.64. The molecule has 2 aromatic carbocycles. The predicted octanol–water partition coefficient (Wildman–Crippen LogP) is 4.40. The van der Waals surface area contributed by atoms with Crippen molar-refractivity contribution in [3.63, 3.8) is 0 Å². The van der Waals surface area contributed by atoms with Crippen molar-refractivity contribution < 1.29 is 19.1 Å². The SMILES string of the molecule is COc1ccc(NC(=O)C2CCC(C(=O)Nc3ccc(C)cc3)CC2)c(OC)c1. The molecule has 6 heteroatoms. The Kier molecular flexibility index (Phi) is 6.75. The molecule has 0 radical (unpaired) electrons. The topological polar surface area (TPSA) is 76.7 Å². The van der Waals surface area contributed by atoms with Gasteiger partial charge in [-0.3, -0.25) is 9.59 Å². The monoisotopic (exact) mass is 396 g/mol. The lowest BCUT2D eigenvalue weighted by Crippen LogP contribution is -2.32. The van der Waals surface area contributed by atoms with E-state index in [-0.39, 0.29) is 23.7 Å². The summed E-state index contributed by atoms with van der Waals surface area (Å²) < 4.78 is 10.5. The molecule has 0 aliphatic heterocycles. The number of nitrogens with one attached hydrogen (secondary N) is 2. The number of benzene rings is 2. The van der Waals surface area contributed by atoms with Crippen LogP contribution in [0.1, 0.15) is 31.2 Å². The van der Waals surface area contributed by atoms with E-state index in [0.29, 0.717) is 42.9 Å². The molecule has 154 valence electrons. The van der Waals surface area contributed by atoms with Crippen molar-refractivity contribution in [2.75, 3.05) is 24.9 Å². The van der Waals surface area contributed by atoms with Crippen molar-refractivity contribution in [3.8, 4) is 11.5 Å². The molecule has 1 aliphatic rings. The van der Waals surface area contributed by atoms with Crippen LogP contribution in [0, 0.1) is 18.8 Å². The summed E-state index contributed by atoms with van der Waals surface area (Å²) in [7, 11) is 3.14. The van der Waals surface area contributed by atoms with E-state index in [1.54, 1.807) is 32.4 Å². The number of hydrogen-bond donors (Lipinski definition) is 2. The molecule has 0 bridgehead atoms. The van der Waals surface area contributed by atoms with Crippen LogP contribution in [-0.2, 0) is 9.59 Å². The van der Waals surface area contributed by atoms with Gasteiger partial charge in [-0.1, -0.05) is 17.7 Å². The van der Waals surface area contributed by atoms with Gasteiger partial charge in [-0.25, -0.2) is 0 Å². The Labute approximate surface area is 171 Å². The maximum absolute atomic E-state index is 12.7. The van der Waals surface area contributed by atoms with Crippen LogP contribution in [0.4, 0.5) is 11.4 Å². The lowest BCUT2D eigenvalue weighted by molar-refractivity contribution is -0.125. The average Bonchev–Trinajstić information content (AvgIpc) is 2.75. The van der Waals surface area contributed by atoms with E-state index in [4.69, 9.17) is 9.47 Å². The Morgan fingerprint density at radius 3 is 1.97 bits per heavy atom. The zero-order valence-electron chi connectivity index (χ0n) is 17.2. The minimum atomic E-state index is -0.106. The molecule has 3 rings (SSSR count). The summed E-state index contributed by atoms with van der Waals surface area (Å²) >= 11 is 0. The molecule has 0 unspecified atom stereocenters. The van der Waals surface area contributed by atoms with E-state index in [0.717, 1.165) is 11.3 Å². The highest BCUT2D eigenvalue weighted by molar-refractivity contribution is 5.95. The Morgan fingerprint density at radius 1 is 0.828 bits per heavy atom. The van der Waals surface area contributed by atoms with Gasteiger partial charge in [-0.15, -0.1) is 0 Å². The third-order valence-corrected chi connectivity index (χ3v) is 5.45. The molecule has 1 aliphatic carbocycles. The van der Waals surface area contributed by atoms with Crippen LogP contribution < -0.4 is 20.1 Å². The van der Waals surface area contributed by atoms with Gasteiger partial charge in [0, 0.05) is 23.6 Å². The number of hydrogen-bond acceptors (Lipinski definition) is 4. The van der Waals surface area contributed by atoms with Crippen molar-refractivity contribution >= 4 is 23.2 Å². The fraction of sp³-hybridized carbons (Fsp3) is 0.391. The molecule has 1 fully saturated rings. The second kappa shape index (κ2) is 9.45. The van der Waals surface area contributed by atoms with Crippen molar-refractivity contribution in [2.24, 2.45) is 11.8 Å². The number of amides is 2. The molecular weight excluding hydrogens is 368 g/mol. The number of carbonyl (C=O) groups excluding carboxylic acids is 2. The van der Waals surface area contributed by atoms with Crippen LogP contribution in [0.2, 0.25) is 0 Å². The lowest BCUT2D eigenvalue weighted by Gasteiger charge is -2.27. The molecule has 0 spiro atoms. The molecule has 0 atom stereocenters. The summed E-state index contributed by atoms with van der Waals surface area (Å²) in [5, 5.41) is 5.93. The van der Waals surface area contributed by atoms with Gasteiger partial charge < -0.3 is 20.1 Å². The van der Waals surface area contributed by atoms with Gasteiger partial charge in [0.1, 0.15) is 11.5 Å². The maximum Gasteiger partial charge on any atom is 0.227 e. The standard InChI is InChI=1S/C23H28N2O4/c1-15-4-10-18(11-5-15)24-22(26)16-6-8-17(9-7-16)23(27)25-20-13-12-19(28-2)14-21(20)29-3/h4-5,10-14,16-17H,6-9H2,1-3H3,(H,24,26)(H,25,27). The van der Waals surface area contributed by atoms with Crippen LogP contribution in [0.15, 0.2) is 42.5 Å². The third kappa shape index (κ3) is 5.28. The zero-order valence-corrected chi connectivity index (χ0v) is 17.2. The van der Waals surface area contributed by atoms with Crippen LogP contribution in [0.25, 0.3) is 0 Å². The van der Waals surface area contributed by atoms with Gasteiger partial charge >= 0.3 is 0 Å². The lowest BCUT2D eigenvalue weighted by atomic mass is 9.81. The largest absolute Gasteiger partial charge is 0.497 e. The van der Waals surface area contributed by atoms with Gasteiger partial charge in [0.15, 0.2) is 0 Å². The molecule has 0 aromatic heterocycles. The number of rotatable bonds is 6. The minimum Gasteiger partial charge on any atom is -0.497 e. The Bertz CT molecular complexity index is 856. The highest BCUT2D eigenvalue weighted by Gasteiger charge is 2.30. The van der Waals surface area contributed by atoms with Gasteiger partial charge in [0.05, 0.1) is 19.9 Å². The highest BCUT2D eigenvalue weighted by atomic mass is 16.5. The molecular formula is C23H28N2O4. The third-order valence-electron chi connectivity index (χ3n) is 5.45. The zero-order chi connectivity index (χ0) is 20.8. The van der Waals surface area contributed by atoms with E-state index in [1.807, 2.05) is 31.2 Å². The summed E-state index contributed by atoms with van der Waals surface area (Å²) in [5.41, 5.74) is 2.59. The number of anilines is 2. The van der Waals surface area contributed by atoms with Crippen molar-refractivity contribution in [1.82, 2.24) is 0 Å². The van der Waals surface area contributed by atoms with E-state index < -0.39 is 0 Å². The summed E-state index contributed by atoms with van der Waals surface area (Å²) in [6.07, 6.45) is 2.79. The molecule has 29 heavy (non-hydrogen) atoms. The van der Waals surface area contributed by atoms with Crippen LogP contribution in [0.5, 0.6) is 11.5 Å². The normalized spacial score (nSPS) is 18.6. The number of carbonyl (C=O) groups is 2. The van der Waals surface area contributed by atoms with Crippen molar-refractivity contribution in [1.29, 1.82) is 0 Å². The molecule has 6 nitrogen and oxygen atoms in total. The molecule has 1 saturated carbocycles. The predicted molar refractivity (Wildman–Crippen MR) is 113 cm³/mol. The van der Waals surface area contributed by atoms with Gasteiger partial charge in [-0.05, 0) is 56.9 Å². The Morgan fingerprint density at radius 2 is 1.41 bits per heavy atom. The second-order valence-corrected chi connectivity index (χ2v) is 7.46. The van der Waals surface area contributed by atoms with Crippen molar-refractivity contribution in [3.05, 3.63) is 48.0 Å². The van der Waals surface area contributed by atoms with E-state index >= 15 is 0 Å². The van der Waals surface area contributed by atoms with Gasteiger partial charge in [-0.2, -0.15) is 0 Å². The minimum absolute atomic E-state index is 0.0320. The number of aryl methyl sites for hydroxylation is 1. The summed E-state index contributed by atoms with van der Waals surface area (Å²) in [6, 6.07) is 13.1. The number of methoxy groups -OCH3 is 2. The molecule has 2 aromatic rings. The van der Waals surface area contributed by atoms with Gasteiger partial charge in [0.2, 0.25) is 11.8 Å². The quantitative estimate of drug-likeness (QED) is 0.759. The first kappa shape index (κ1) is 20.7. The van der Waals surface area contributed by atoms with E-state index in [9.17, 15) is 9.59 Å². The number of ether oxygens (including phenoxy) is 2. The van der Waals surface area contributed by atoms with Crippen LogP contribution >= 0.6 is 0 Å².